The molecule has 1 amide bonds. The van der Waals surface area contributed by atoms with Gasteiger partial charge in [-0.25, -0.2) is 0 Å². The van der Waals surface area contributed by atoms with Gasteiger partial charge in [0.2, 0.25) is 5.91 Å². The Morgan fingerprint density at radius 1 is 1.15 bits per heavy atom. The summed E-state index contributed by atoms with van der Waals surface area (Å²) in [7, 11) is 0. The summed E-state index contributed by atoms with van der Waals surface area (Å²) >= 11 is 1.08. The van der Waals surface area contributed by atoms with Crippen LogP contribution in [0.25, 0.3) is 0 Å². The van der Waals surface area contributed by atoms with E-state index in [1.54, 1.807) is 0 Å². The minimum atomic E-state index is -0.911. The normalized spacial score (nSPS) is 10.1. The highest BCUT2D eigenvalue weighted by Gasteiger charge is 2.06. The first kappa shape index (κ1) is 16.4. The van der Waals surface area contributed by atoms with Crippen molar-refractivity contribution < 1.29 is 14.7 Å². The Bertz CT molecular complexity index is 444. The zero-order valence-electron chi connectivity index (χ0n) is 11.8. The number of thioether (sulfide) groups is 1. The van der Waals surface area contributed by atoms with Gasteiger partial charge in [0.1, 0.15) is 0 Å². The first-order valence-electron chi connectivity index (χ1n) is 6.51. The van der Waals surface area contributed by atoms with Crippen molar-refractivity contribution in [3.8, 4) is 0 Å². The third-order valence-corrected chi connectivity index (χ3v) is 3.66. The van der Waals surface area contributed by atoms with Crippen molar-refractivity contribution in [2.45, 2.75) is 13.8 Å². The number of hydrogen-bond acceptors (Lipinski definition) is 4. The van der Waals surface area contributed by atoms with E-state index in [1.807, 2.05) is 24.3 Å². The molecule has 110 valence electrons. The summed E-state index contributed by atoms with van der Waals surface area (Å²) < 4.78 is 0. The molecule has 1 aromatic carbocycles. The molecule has 0 atom stereocenters. The van der Waals surface area contributed by atoms with Gasteiger partial charge in [-0.3, -0.25) is 9.59 Å². The maximum atomic E-state index is 11.6. The van der Waals surface area contributed by atoms with Crippen LogP contribution in [0.2, 0.25) is 0 Å². The van der Waals surface area contributed by atoms with Crippen LogP contribution >= 0.6 is 11.8 Å². The smallest absolute Gasteiger partial charge is 0.313 e. The summed E-state index contributed by atoms with van der Waals surface area (Å²) in [5.41, 5.74) is 1.84. The maximum Gasteiger partial charge on any atom is 0.313 e. The summed E-state index contributed by atoms with van der Waals surface area (Å²) in [5, 5.41) is 11.2. The predicted molar refractivity (Wildman–Crippen MR) is 83.6 cm³/mol. The van der Waals surface area contributed by atoms with E-state index in [0.717, 1.165) is 36.2 Å². The molecular weight excluding hydrogens is 276 g/mol. The highest BCUT2D eigenvalue weighted by atomic mass is 32.2. The number of anilines is 2. The molecule has 0 fully saturated rings. The molecule has 0 aliphatic carbocycles. The summed E-state index contributed by atoms with van der Waals surface area (Å²) in [6.07, 6.45) is 0. The molecule has 0 spiro atoms. The maximum absolute atomic E-state index is 11.6. The van der Waals surface area contributed by atoms with Gasteiger partial charge in [0.25, 0.3) is 0 Å². The first-order chi connectivity index (χ1) is 9.56. The largest absolute Gasteiger partial charge is 0.481 e. The van der Waals surface area contributed by atoms with Crippen LogP contribution in [0.15, 0.2) is 24.3 Å². The lowest BCUT2D eigenvalue weighted by Gasteiger charge is -2.21. The van der Waals surface area contributed by atoms with Crippen LogP contribution in [0.4, 0.5) is 11.4 Å². The van der Waals surface area contributed by atoms with Crippen LogP contribution in [0.1, 0.15) is 13.8 Å². The van der Waals surface area contributed by atoms with E-state index in [0.29, 0.717) is 0 Å². The van der Waals surface area contributed by atoms with Gasteiger partial charge < -0.3 is 15.3 Å². The molecule has 0 bridgehead atoms. The predicted octanol–water partition coefficient (Wildman–Crippen LogP) is 2.29. The van der Waals surface area contributed by atoms with Crippen molar-refractivity contribution >= 4 is 35.0 Å². The second kappa shape index (κ2) is 8.47. The molecule has 6 heteroatoms. The summed E-state index contributed by atoms with van der Waals surface area (Å²) in [6.45, 7) is 6.07. The Labute approximate surface area is 123 Å². The molecule has 0 saturated heterocycles. The van der Waals surface area contributed by atoms with E-state index < -0.39 is 5.97 Å². The Kier molecular flexibility index (Phi) is 6.93. The Morgan fingerprint density at radius 3 is 2.25 bits per heavy atom. The van der Waals surface area contributed by atoms with Gasteiger partial charge in [-0.05, 0) is 38.1 Å². The molecule has 1 rings (SSSR count). The highest BCUT2D eigenvalue weighted by Crippen LogP contribution is 2.17. The Balaban J connectivity index is 2.48. The number of carbonyl (C=O) groups is 2. The van der Waals surface area contributed by atoms with Crippen LogP contribution < -0.4 is 10.2 Å². The number of nitrogens with one attached hydrogen (secondary N) is 1. The van der Waals surface area contributed by atoms with Crippen LogP contribution in [0.5, 0.6) is 0 Å². The lowest BCUT2D eigenvalue weighted by molar-refractivity contribution is -0.133. The summed E-state index contributed by atoms with van der Waals surface area (Å²) in [4.78, 5) is 24.1. The molecule has 0 aromatic heterocycles. The minimum absolute atomic E-state index is 0.0612. The molecule has 2 N–H and O–H groups in total. The molecule has 0 heterocycles. The number of benzene rings is 1. The van der Waals surface area contributed by atoms with Crippen LogP contribution in [-0.4, -0.2) is 41.6 Å². The Hall–Kier alpha value is -1.69. The average Bonchev–Trinajstić information content (AvgIpc) is 2.41. The van der Waals surface area contributed by atoms with E-state index in [4.69, 9.17) is 5.11 Å². The van der Waals surface area contributed by atoms with Crippen molar-refractivity contribution in [1.29, 1.82) is 0 Å². The lowest BCUT2D eigenvalue weighted by atomic mass is 10.2. The fraction of sp³-hybridized carbons (Fsp3) is 0.429. The topological polar surface area (TPSA) is 69.6 Å². The summed E-state index contributed by atoms with van der Waals surface area (Å²) in [6, 6.07) is 7.64. The minimum Gasteiger partial charge on any atom is -0.481 e. The van der Waals surface area contributed by atoms with Gasteiger partial charge >= 0.3 is 5.97 Å². The van der Waals surface area contributed by atoms with E-state index in [9.17, 15) is 9.59 Å². The molecule has 0 aliphatic heterocycles. The number of carboxylic acids is 1. The van der Waals surface area contributed by atoms with Crippen molar-refractivity contribution in [3.63, 3.8) is 0 Å². The van der Waals surface area contributed by atoms with Crippen LogP contribution in [-0.2, 0) is 9.59 Å². The quantitative estimate of drug-likeness (QED) is 0.770. The number of carboxylic acid groups (broad SMARTS) is 1. The van der Waals surface area contributed by atoms with Crippen molar-refractivity contribution in [3.05, 3.63) is 24.3 Å². The second-order valence-electron chi connectivity index (χ2n) is 4.15. The lowest BCUT2D eigenvalue weighted by Crippen LogP contribution is -2.21. The molecular formula is C14H20N2O3S. The zero-order valence-corrected chi connectivity index (χ0v) is 12.6. The third kappa shape index (κ3) is 5.52. The SMILES string of the molecule is CCN(CC)c1ccc(NC(=O)CSCC(=O)O)cc1. The first-order valence-corrected chi connectivity index (χ1v) is 7.66. The van der Waals surface area contributed by atoms with Crippen molar-refractivity contribution in [1.82, 2.24) is 0 Å². The van der Waals surface area contributed by atoms with Gasteiger partial charge in [-0.15, -0.1) is 11.8 Å². The number of amides is 1. The molecule has 5 nitrogen and oxygen atoms in total. The van der Waals surface area contributed by atoms with Gasteiger partial charge in [0, 0.05) is 24.5 Å². The number of rotatable bonds is 8. The van der Waals surface area contributed by atoms with E-state index >= 15 is 0 Å². The fourth-order valence-electron chi connectivity index (χ4n) is 1.77. The van der Waals surface area contributed by atoms with Crippen molar-refractivity contribution in [2.24, 2.45) is 0 Å². The number of aliphatic carboxylic acids is 1. The number of carbonyl (C=O) groups excluding carboxylic acids is 1. The average molecular weight is 296 g/mol. The molecule has 0 unspecified atom stereocenters. The van der Waals surface area contributed by atoms with Crippen LogP contribution in [0, 0.1) is 0 Å². The van der Waals surface area contributed by atoms with Crippen molar-refractivity contribution in [2.75, 3.05) is 34.8 Å². The van der Waals surface area contributed by atoms with Crippen LogP contribution in [0.3, 0.4) is 0 Å². The number of hydrogen-bond donors (Lipinski definition) is 2. The molecule has 0 saturated carbocycles. The van der Waals surface area contributed by atoms with E-state index in [1.165, 1.54) is 0 Å². The molecule has 0 aliphatic rings. The fourth-order valence-corrected chi connectivity index (χ4v) is 2.31. The Morgan fingerprint density at radius 2 is 1.75 bits per heavy atom. The number of nitrogens with zero attached hydrogens (tertiary/aromatic N) is 1. The van der Waals surface area contributed by atoms with Gasteiger partial charge in [-0.2, -0.15) is 0 Å². The third-order valence-electron chi connectivity index (χ3n) is 2.74. The molecule has 0 radical (unpaired) electrons. The van der Waals surface area contributed by atoms with Gasteiger partial charge in [-0.1, -0.05) is 0 Å². The highest BCUT2D eigenvalue weighted by molar-refractivity contribution is 8.00. The van der Waals surface area contributed by atoms with Gasteiger partial charge in [0.05, 0.1) is 11.5 Å². The van der Waals surface area contributed by atoms with E-state index in [2.05, 4.69) is 24.1 Å². The monoisotopic (exact) mass is 296 g/mol. The van der Waals surface area contributed by atoms with E-state index in [-0.39, 0.29) is 17.4 Å². The standard InChI is InChI=1S/C14H20N2O3S/c1-3-16(4-2)12-7-5-11(6-8-12)15-13(17)9-20-10-14(18)19/h5-8H,3-4,9-10H2,1-2H3,(H,15,17)(H,18,19). The summed E-state index contributed by atoms with van der Waals surface area (Å²) in [5.74, 6) is -1.02. The zero-order chi connectivity index (χ0) is 15.0. The molecule has 20 heavy (non-hydrogen) atoms. The molecule has 1 aromatic rings. The van der Waals surface area contributed by atoms with Gasteiger partial charge in [0.15, 0.2) is 0 Å². The second-order valence-corrected chi connectivity index (χ2v) is 5.14.